The third-order valence-electron chi connectivity index (χ3n) is 3.27. The van der Waals surface area contributed by atoms with E-state index >= 15 is 0 Å². The van der Waals surface area contributed by atoms with Crippen LogP contribution in [-0.4, -0.2) is 17.1 Å². The Labute approximate surface area is 99.7 Å². The van der Waals surface area contributed by atoms with Crippen molar-refractivity contribution in [3.63, 3.8) is 0 Å². The lowest BCUT2D eigenvalue weighted by Crippen LogP contribution is -2.16. The maximum absolute atomic E-state index is 13.6. The molecule has 0 aliphatic heterocycles. The molecule has 1 aliphatic rings. The Hall–Kier alpha value is -1.58. The monoisotopic (exact) mass is 237 g/mol. The Balaban J connectivity index is 2.09. The number of carbonyl (C=O) groups is 1. The number of rotatable bonds is 3. The second-order valence-corrected chi connectivity index (χ2v) is 4.76. The largest absolute Gasteiger partial charge is 0.478 e. The van der Waals surface area contributed by atoms with Crippen molar-refractivity contribution in [1.29, 1.82) is 0 Å². The van der Waals surface area contributed by atoms with Gasteiger partial charge in [-0.05, 0) is 43.4 Å². The van der Waals surface area contributed by atoms with Gasteiger partial charge in [-0.2, -0.15) is 0 Å². The van der Waals surface area contributed by atoms with E-state index in [9.17, 15) is 9.18 Å². The van der Waals surface area contributed by atoms with Gasteiger partial charge in [0.15, 0.2) is 0 Å². The summed E-state index contributed by atoms with van der Waals surface area (Å²) in [5.41, 5.74) is 0.377. The highest BCUT2D eigenvalue weighted by Gasteiger charge is 2.22. The van der Waals surface area contributed by atoms with Gasteiger partial charge in [0.25, 0.3) is 0 Å². The molecule has 2 N–H and O–H groups in total. The molecule has 1 fully saturated rings. The Morgan fingerprint density at radius 2 is 2.24 bits per heavy atom. The number of hydrogen-bond donors (Lipinski definition) is 2. The molecule has 2 unspecified atom stereocenters. The summed E-state index contributed by atoms with van der Waals surface area (Å²) in [5, 5.41) is 11.9. The SMILES string of the molecule is CC1CCC(Nc2ccc(C(=O)O)cc2F)C1. The van der Waals surface area contributed by atoms with Crippen LogP contribution in [0.4, 0.5) is 10.1 Å². The average Bonchev–Trinajstić information content (AvgIpc) is 2.67. The molecular weight excluding hydrogens is 221 g/mol. The van der Waals surface area contributed by atoms with Crippen LogP contribution in [-0.2, 0) is 0 Å². The summed E-state index contributed by atoms with van der Waals surface area (Å²) in [5.74, 6) is -0.928. The summed E-state index contributed by atoms with van der Waals surface area (Å²) < 4.78 is 13.6. The molecule has 0 heterocycles. The van der Waals surface area contributed by atoms with Crippen LogP contribution in [0.25, 0.3) is 0 Å². The molecule has 2 atom stereocenters. The number of benzene rings is 1. The fraction of sp³-hybridized carbons (Fsp3) is 0.462. The van der Waals surface area contributed by atoms with Crippen LogP contribution in [0.15, 0.2) is 18.2 Å². The normalized spacial score (nSPS) is 23.6. The van der Waals surface area contributed by atoms with Crippen LogP contribution in [0.1, 0.15) is 36.5 Å². The summed E-state index contributed by atoms with van der Waals surface area (Å²) in [4.78, 5) is 10.7. The van der Waals surface area contributed by atoms with Gasteiger partial charge < -0.3 is 10.4 Å². The van der Waals surface area contributed by atoms with E-state index in [1.807, 2.05) is 0 Å². The molecule has 92 valence electrons. The van der Waals surface area contributed by atoms with Gasteiger partial charge in [-0.15, -0.1) is 0 Å². The molecule has 0 bridgehead atoms. The van der Waals surface area contributed by atoms with Gasteiger partial charge in [-0.3, -0.25) is 0 Å². The van der Waals surface area contributed by atoms with Gasteiger partial charge in [-0.1, -0.05) is 6.92 Å². The quantitative estimate of drug-likeness (QED) is 0.849. The molecule has 0 aromatic heterocycles. The minimum absolute atomic E-state index is 0.0205. The second-order valence-electron chi connectivity index (χ2n) is 4.76. The average molecular weight is 237 g/mol. The molecule has 1 aromatic carbocycles. The first-order valence-electron chi connectivity index (χ1n) is 5.85. The topological polar surface area (TPSA) is 49.3 Å². The maximum atomic E-state index is 13.6. The predicted molar refractivity (Wildman–Crippen MR) is 63.8 cm³/mol. The van der Waals surface area contributed by atoms with Crippen molar-refractivity contribution >= 4 is 11.7 Å². The van der Waals surface area contributed by atoms with E-state index in [2.05, 4.69) is 12.2 Å². The minimum atomic E-state index is -1.11. The highest BCUT2D eigenvalue weighted by molar-refractivity contribution is 5.88. The van der Waals surface area contributed by atoms with E-state index in [0.29, 0.717) is 17.6 Å². The molecule has 17 heavy (non-hydrogen) atoms. The fourth-order valence-electron chi connectivity index (χ4n) is 2.32. The number of hydrogen-bond acceptors (Lipinski definition) is 2. The second kappa shape index (κ2) is 4.73. The highest BCUT2D eigenvalue weighted by atomic mass is 19.1. The molecule has 3 nitrogen and oxygen atoms in total. The predicted octanol–water partition coefficient (Wildman–Crippen LogP) is 3.12. The van der Waals surface area contributed by atoms with Gasteiger partial charge in [-0.25, -0.2) is 9.18 Å². The number of carboxylic acids is 1. The number of aromatic carboxylic acids is 1. The van der Waals surface area contributed by atoms with Crippen LogP contribution in [0.3, 0.4) is 0 Å². The maximum Gasteiger partial charge on any atom is 0.335 e. The number of anilines is 1. The lowest BCUT2D eigenvalue weighted by molar-refractivity contribution is 0.0696. The van der Waals surface area contributed by atoms with E-state index in [-0.39, 0.29) is 5.56 Å². The van der Waals surface area contributed by atoms with E-state index in [1.54, 1.807) is 0 Å². The van der Waals surface area contributed by atoms with Crippen molar-refractivity contribution in [2.75, 3.05) is 5.32 Å². The van der Waals surface area contributed by atoms with Crippen molar-refractivity contribution in [3.8, 4) is 0 Å². The first-order valence-corrected chi connectivity index (χ1v) is 5.85. The number of nitrogens with one attached hydrogen (secondary N) is 1. The molecule has 2 rings (SSSR count). The molecular formula is C13H16FNO2. The summed E-state index contributed by atoms with van der Waals surface area (Å²) in [6.07, 6.45) is 3.24. The zero-order chi connectivity index (χ0) is 12.4. The number of carboxylic acid groups (broad SMARTS) is 1. The Morgan fingerprint density at radius 1 is 1.47 bits per heavy atom. The molecule has 1 aromatic rings. The van der Waals surface area contributed by atoms with Gasteiger partial charge in [0.1, 0.15) is 5.82 Å². The van der Waals surface area contributed by atoms with Gasteiger partial charge in [0.2, 0.25) is 0 Å². The van der Waals surface area contributed by atoms with Crippen molar-refractivity contribution < 1.29 is 14.3 Å². The summed E-state index contributed by atoms with van der Waals surface area (Å²) in [6.45, 7) is 2.19. The van der Waals surface area contributed by atoms with E-state index < -0.39 is 11.8 Å². The first kappa shape index (κ1) is 11.9. The van der Waals surface area contributed by atoms with Crippen LogP contribution in [0.5, 0.6) is 0 Å². The first-order chi connectivity index (χ1) is 8.06. The van der Waals surface area contributed by atoms with Crippen molar-refractivity contribution in [3.05, 3.63) is 29.6 Å². The van der Waals surface area contributed by atoms with Crippen LogP contribution >= 0.6 is 0 Å². The highest BCUT2D eigenvalue weighted by Crippen LogP contribution is 2.28. The van der Waals surface area contributed by atoms with E-state index in [0.717, 1.165) is 25.3 Å². The van der Waals surface area contributed by atoms with E-state index in [1.165, 1.54) is 12.1 Å². The third kappa shape index (κ3) is 2.75. The standard InChI is InChI=1S/C13H16FNO2/c1-8-2-4-10(6-8)15-12-5-3-9(13(16)17)7-11(12)14/h3,5,7-8,10,15H,2,4,6H2,1H3,(H,16,17). The summed E-state index contributed by atoms with van der Waals surface area (Å²) in [7, 11) is 0. The smallest absolute Gasteiger partial charge is 0.335 e. The van der Waals surface area contributed by atoms with Gasteiger partial charge in [0.05, 0.1) is 11.3 Å². The number of halogens is 1. The van der Waals surface area contributed by atoms with Crippen LogP contribution in [0.2, 0.25) is 0 Å². The minimum Gasteiger partial charge on any atom is -0.478 e. The lowest BCUT2D eigenvalue weighted by Gasteiger charge is -2.14. The molecule has 4 heteroatoms. The summed E-state index contributed by atoms with van der Waals surface area (Å²) >= 11 is 0. The lowest BCUT2D eigenvalue weighted by atomic mass is 10.1. The molecule has 0 spiro atoms. The molecule has 0 amide bonds. The third-order valence-corrected chi connectivity index (χ3v) is 3.27. The zero-order valence-electron chi connectivity index (χ0n) is 9.74. The summed E-state index contributed by atoms with van der Waals surface area (Å²) in [6, 6.07) is 4.28. The van der Waals surface area contributed by atoms with E-state index in [4.69, 9.17) is 5.11 Å². The zero-order valence-corrected chi connectivity index (χ0v) is 9.74. The molecule has 0 saturated heterocycles. The van der Waals surface area contributed by atoms with Gasteiger partial charge >= 0.3 is 5.97 Å². The fourth-order valence-corrected chi connectivity index (χ4v) is 2.32. The Bertz CT molecular complexity index is 433. The molecule has 0 radical (unpaired) electrons. The van der Waals surface area contributed by atoms with Gasteiger partial charge in [0, 0.05) is 6.04 Å². The van der Waals surface area contributed by atoms with Crippen LogP contribution < -0.4 is 5.32 Å². The van der Waals surface area contributed by atoms with Crippen molar-refractivity contribution in [2.45, 2.75) is 32.2 Å². The Kier molecular flexibility index (Phi) is 3.31. The molecule has 1 saturated carbocycles. The van der Waals surface area contributed by atoms with Crippen molar-refractivity contribution in [1.82, 2.24) is 0 Å². The Morgan fingerprint density at radius 3 is 2.76 bits per heavy atom. The van der Waals surface area contributed by atoms with Crippen LogP contribution in [0, 0.1) is 11.7 Å². The molecule has 1 aliphatic carbocycles. The van der Waals surface area contributed by atoms with Crippen molar-refractivity contribution in [2.24, 2.45) is 5.92 Å².